The molecule has 0 bridgehead atoms. The van der Waals surface area contributed by atoms with E-state index >= 15 is 0 Å². The summed E-state index contributed by atoms with van der Waals surface area (Å²) in [7, 11) is 3.00. The van der Waals surface area contributed by atoms with Crippen LogP contribution in [-0.4, -0.2) is 43.1 Å². The van der Waals surface area contributed by atoms with Gasteiger partial charge in [-0.3, -0.25) is 9.69 Å². The number of benzene rings is 3. The Morgan fingerprint density at radius 3 is 2.11 bits per heavy atom. The van der Waals surface area contributed by atoms with Crippen molar-refractivity contribution in [1.82, 2.24) is 4.90 Å². The lowest BCUT2D eigenvalue weighted by Gasteiger charge is -2.27. The average Bonchev–Trinajstić information content (AvgIpc) is 3.08. The minimum Gasteiger partial charge on any atom is -0.497 e. The highest BCUT2D eigenvalue weighted by Crippen LogP contribution is 2.41. The Kier molecular flexibility index (Phi) is 5.98. The molecular formula is C25H20F3N3O4. The van der Waals surface area contributed by atoms with Crippen molar-refractivity contribution in [3.63, 3.8) is 0 Å². The highest BCUT2D eigenvalue weighted by Gasteiger charge is 2.50. The van der Waals surface area contributed by atoms with E-state index in [-0.39, 0.29) is 17.3 Å². The van der Waals surface area contributed by atoms with Crippen LogP contribution in [0.1, 0.15) is 11.1 Å². The zero-order valence-corrected chi connectivity index (χ0v) is 18.7. The number of rotatable bonds is 5. The van der Waals surface area contributed by atoms with Crippen molar-refractivity contribution >= 4 is 17.8 Å². The number of hydrogen-bond donors (Lipinski definition) is 1. The number of methoxy groups -OCH3 is 1. The van der Waals surface area contributed by atoms with Crippen LogP contribution in [-0.2, 0) is 15.1 Å². The van der Waals surface area contributed by atoms with E-state index in [2.05, 4.69) is 9.73 Å². The van der Waals surface area contributed by atoms with E-state index in [1.165, 1.54) is 31.3 Å². The Morgan fingerprint density at radius 1 is 0.943 bits per heavy atom. The molecule has 0 fully saturated rings. The summed E-state index contributed by atoms with van der Waals surface area (Å²) in [5.74, 6) is -2.71. The first-order valence-corrected chi connectivity index (χ1v) is 10.3. The molecule has 1 unspecified atom stereocenters. The Hall–Kier alpha value is -4.34. The molecule has 2 N–H and O–H groups in total. The summed E-state index contributed by atoms with van der Waals surface area (Å²) >= 11 is 0. The maximum Gasteiger partial charge on any atom is 0.491 e. The SMILES string of the molecule is COc1cccc(-c2cccc(C3(c4cccc(OC(=O)C(F)(F)F)c4)N=C(N)N(C)C3=O)c2)c1. The fourth-order valence-electron chi connectivity index (χ4n) is 3.86. The molecular weight excluding hydrogens is 463 g/mol. The van der Waals surface area contributed by atoms with Gasteiger partial charge in [0.1, 0.15) is 11.5 Å². The van der Waals surface area contributed by atoms with Crippen molar-refractivity contribution in [3.05, 3.63) is 83.9 Å². The summed E-state index contributed by atoms with van der Waals surface area (Å²) in [6.45, 7) is 0. The normalized spacial score (nSPS) is 17.8. The van der Waals surface area contributed by atoms with Crippen LogP contribution in [0.4, 0.5) is 13.2 Å². The van der Waals surface area contributed by atoms with Crippen LogP contribution in [0.25, 0.3) is 11.1 Å². The molecule has 0 saturated heterocycles. The van der Waals surface area contributed by atoms with Gasteiger partial charge < -0.3 is 15.2 Å². The first-order chi connectivity index (χ1) is 16.6. The molecule has 35 heavy (non-hydrogen) atoms. The molecule has 3 aromatic rings. The van der Waals surface area contributed by atoms with Gasteiger partial charge in [-0.2, -0.15) is 13.2 Å². The van der Waals surface area contributed by atoms with Crippen LogP contribution in [0.5, 0.6) is 11.5 Å². The van der Waals surface area contributed by atoms with Crippen molar-refractivity contribution in [2.45, 2.75) is 11.7 Å². The number of amides is 1. The van der Waals surface area contributed by atoms with E-state index in [1.54, 1.807) is 31.4 Å². The first kappa shape index (κ1) is 23.8. The molecule has 1 amide bonds. The lowest BCUT2D eigenvalue weighted by atomic mass is 9.81. The Balaban J connectivity index is 1.86. The van der Waals surface area contributed by atoms with Gasteiger partial charge in [0.2, 0.25) is 0 Å². The molecule has 0 spiro atoms. The molecule has 3 aromatic carbocycles. The van der Waals surface area contributed by atoms with E-state index in [0.717, 1.165) is 16.0 Å². The summed E-state index contributed by atoms with van der Waals surface area (Å²) in [5, 5.41) is 0. The summed E-state index contributed by atoms with van der Waals surface area (Å²) < 4.78 is 47.9. The molecule has 1 heterocycles. The summed E-state index contributed by atoms with van der Waals surface area (Å²) in [6, 6.07) is 19.5. The van der Waals surface area contributed by atoms with E-state index in [1.807, 2.05) is 24.3 Å². The third-order valence-corrected chi connectivity index (χ3v) is 5.62. The number of carbonyl (C=O) groups is 2. The van der Waals surface area contributed by atoms with Gasteiger partial charge in [-0.25, -0.2) is 9.79 Å². The number of guanidine groups is 1. The second kappa shape index (κ2) is 8.79. The fourth-order valence-corrected chi connectivity index (χ4v) is 3.86. The highest BCUT2D eigenvalue weighted by atomic mass is 19.4. The molecule has 0 radical (unpaired) electrons. The number of likely N-dealkylation sites (N-methyl/N-ethyl adjacent to an activating group) is 1. The number of esters is 1. The quantitative estimate of drug-likeness (QED) is 0.439. The standard InChI is InChI=1S/C25H20F3N3O4/c1-31-21(32)24(30-23(31)29,18-9-5-11-20(14-18)35-22(33)25(26,27)28)17-8-3-6-15(12-17)16-7-4-10-19(13-16)34-2/h3-14H,1-2H3,(H2,29,30). The summed E-state index contributed by atoms with van der Waals surface area (Å²) in [5.41, 5.74) is 6.45. The Bertz CT molecular complexity index is 1340. The van der Waals surface area contributed by atoms with Gasteiger partial charge >= 0.3 is 12.1 Å². The van der Waals surface area contributed by atoms with Crippen LogP contribution in [0, 0.1) is 0 Å². The van der Waals surface area contributed by atoms with Crippen molar-refractivity contribution < 1.29 is 32.2 Å². The van der Waals surface area contributed by atoms with Gasteiger partial charge in [-0.15, -0.1) is 0 Å². The molecule has 7 nitrogen and oxygen atoms in total. The number of ether oxygens (including phenoxy) is 2. The average molecular weight is 483 g/mol. The Morgan fingerprint density at radius 2 is 1.51 bits per heavy atom. The first-order valence-electron chi connectivity index (χ1n) is 10.3. The molecule has 1 aliphatic rings. The summed E-state index contributed by atoms with van der Waals surface area (Å²) in [6.07, 6.45) is -5.18. The second-order valence-electron chi connectivity index (χ2n) is 7.77. The summed E-state index contributed by atoms with van der Waals surface area (Å²) in [4.78, 5) is 30.5. The zero-order valence-electron chi connectivity index (χ0n) is 18.7. The molecule has 0 aliphatic carbocycles. The molecule has 0 saturated carbocycles. The largest absolute Gasteiger partial charge is 0.497 e. The van der Waals surface area contributed by atoms with Gasteiger partial charge in [-0.1, -0.05) is 42.5 Å². The van der Waals surface area contributed by atoms with Crippen LogP contribution in [0.3, 0.4) is 0 Å². The minimum absolute atomic E-state index is 0.0699. The second-order valence-corrected chi connectivity index (χ2v) is 7.77. The van der Waals surface area contributed by atoms with E-state index < -0.39 is 23.6 Å². The van der Waals surface area contributed by atoms with Crippen LogP contribution >= 0.6 is 0 Å². The van der Waals surface area contributed by atoms with Crippen molar-refractivity contribution in [1.29, 1.82) is 0 Å². The smallest absolute Gasteiger partial charge is 0.491 e. The number of halogens is 3. The maximum atomic E-state index is 13.5. The molecule has 10 heteroatoms. The lowest BCUT2D eigenvalue weighted by Crippen LogP contribution is -2.41. The van der Waals surface area contributed by atoms with E-state index in [4.69, 9.17) is 10.5 Å². The predicted molar refractivity (Wildman–Crippen MR) is 122 cm³/mol. The van der Waals surface area contributed by atoms with Gasteiger partial charge in [0, 0.05) is 7.05 Å². The minimum atomic E-state index is -5.18. The maximum absolute atomic E-state index is 13.5. The molecule has 0 aromatic heterocycles. The van der Waals surface area contributed by atoms with Crippen molar-refractivity contribution in [3.8, 4) is 22.6 Å². The van der Waals surface area contributed by atoms with Crippen LogP contribution in [0.2, 0.25) is 0 Å². The third kappa shape index (κ3) is 4.30. The zero-order chi connectivity index (χ0) is 25.4. The van der Waals surface area contributed by atoms with Crippen molar-refractivity contribution in [2.24, 2.45) is 10.7 Å². The number of alkyl halides is 3. The van der Waals surface area contributed by atoms with Gasteiger partial charge in [-0.05, 0) is 52.6 Å². The number of nitrogens with two attached hydrogens (primary N) is 1. The van der Waals surface area contributed by atoms with Crippen molar-refractivity contribution in [2.75, 3.05) is 14.2 Å². The monoisotopic (exact) mass is 483 g/mol. The van der Waals surface area contributed by atoms with E-state index in [0.29, 0.717) is 11.3 Å². The molecule has 1 aliphatic heterocycles. The Labute approximate surface area is 198 Å². The number of carbonyl (C=O) groups excluding carboxylic acids is 2. The topological polar surface area (TPSA) is 94.2 Å². The van der Waals surface area contributed by atoms with Gasteiger partial charge in [0.25, 0.3) is 5.91 Å². The predicted octanol–water partition coefficient (Wildman–Crippen LogP) is 3.86. The highest BCUT2D eigenvalue weighted by molar-refractivity contribution is 6.09. The number of hydrogen-bond acceptors (Lipinski definition) is 6. The molecule has 180 valence electrons. The van der Waals surface area contributed by atoms with Crippen LogP contribution in [0.15, 0.2) is 77.8 Å². The van der Waals surface area contributed by atoms with E-state index in [9.17, 15) is 22.8 Å². The van der Waals surface area contributed by atoms with Gasteiger partial charge in [0.15, 0.2) is 11.5 Å². The van der Waals surface area contributed by atoms with Crippen LogP contribution < -0.4 is 15.2 Å². The third-order valence-electron chi connectivity index (χ3n) is 5.62. The van der Waals surface area contributed by atoms with Gasteiger partial charge in [0.05, 0.1) is 7.11 Å². The number of aliphatic imine (C=N–C) groups is 1. The molecule has 1 atom stereocenters. The molecule has 4 rings (SSSR count). The lowest BCUT2D eigenvalue weighted by molar-refractivity contribution is -0.189. The number of nitrogens with zero attached hydrogens (tertiary/aromatic N) is 2. The fraction of sp³-hybridized carbons (Fsp3) is 0.160.